The molecule has 4 heteroatoms. The second-order valence-electron chi connectivity index (χ2n) is 4.84. The highest BCUT2D eigenvalue weighted by atomic mass is 19.1. The molecule has 0 fully saturated rings. The standard InChI is InChI=1S/C18H15F2NO/c1-21(12-11-14-5-3-2-4-6-14)18(22)10-8-15-7-9-16(19)13-17(15)20/h2-7,9,13H,11-12H2,1H3. The van der Waals surface area contributed by atoms with Gasteiger partial charge in [-0.1, -0.05) is 36.3 Å². The first-order valence-corrected chi connectivity index (χ1v) is 6.82. The zero-order chi connectivity index (χ0) is 15.9. The molecule has 22 heavy (non-hydrogen) atoms. The molecule has 0 unspecified atom stereocenters. The third-order valence-corrected chi connectivity index (χ3v) is 3.16. The maximum atomic E-state index is 13.4. The van der Waals surface area contributed by atoms with E-state index in [0.29, 0.717) is 6.54 Å². The average Bonchev–Trinajstić information content (AvgIpc) is 2.52. The van der Waals surface area contributed by atoms with Crippen LogP contribution < -0.4 is 0 Å². The summed E-state index contributed by atoms with van der Waals surface area (Å²) in [6, 6.07) is 12.8. The van der Waals surface area contributed by atoms with E-state index in [2.05, 4.69) is 11.8 Å². The van der Waals surface area contributed by atoms with E-state index < -0.39 is 17.5 Å². The van der Waals surface area contributed by atoms with E-state index in [1.165, 1.54) is 11.0 Å². The van der Waals surface area contributed by atoms with Crippen molar-refractivity contribution in [2.24, 2.45) is 0 Å². The first kappa shape index (κ1) is 15.7. The molecule has 2 rings (SSSR count). The summed E-state index contributed by atoms with van der Waals surface area (Å²) < 4.78 is 26.2. The topological polar surface area (TPSA) is 20.3 Å². The van der Waals surface area contributed by atoms with Crippen LogP contribution in [0, 0.1) is 23.5 Å². The summed E-state index contributed by atoms with van der Waals surface area (Å²) in [4.78, 5) is 13.3. The first-order valence-electron chi connectivity index (χ1n) is 6.82. The summed E-state index contributed by atoms with van der Waals surface area (Å²) in [5, 5.41) is 0. The van der Waals surface area contributed by atoms with Crippen LogP contribution in [0.3, 0.4) is 0 Å². The van der Waals surface area contributed by atoms with E-state index in [-0.39, 0.29) is 5.56 Å². The number of halogens is 2. The molecule has 0 N–H and O–H groups in total. The van der Waals surface area contributed by atoms with Crippen LogP contribution in [0.15, 0.2) is 48.5 Å². The lowest BCUT2D eigenvalue weighted by molar-refractivity contribution is -0.123. The highest BCUT2D eigenvalue weighted by Crippen LogP contribution is 2.07. The van der Waals surface area contributed by atoms with Crippen molar-refractivity contribution in [3.63, 3.8) is 0 Å². The molecule has 0 heterocycles. The zero-order valence-electron chi connectivity index (χ0n) is 12.1. The molecule has 0 aromatic heterocycles. The van der Waals surface area contributed by atoms with Gasteiger partial charge in [0.25, 0.3) is 5.91 Å². The SMILES string of the molecule is CN(CCc1ccccc1)C(=O)C#Cc1ccc(F)cc1F. The van der Waals surface area contributed by atoms with Crippen LogP contribution in [-0.2, 0) is 11.2 Å². The molecule has 112 valence electrons. The summed E-state index contributed by atoms with van der Waals surface area (Å²) in [6.45, 7) is 0.517. The predicted molar refractivity (Wildman–Crippen MR) is 81.0 cm³/mol. The van der Waals surface area contributed by atoms with Crippen LogP contribution in [0.2, 0.25) is 0 Å². The fourth-order valence-corrected chi connectivity index (χ4v) is 1.85. The number of benzene rings is 2. The minimum absolute atomic E-state index is 0.00575. The predicted octanol–water partition coefficient (Wildman–Crippen LogP) is 3.02. The molecule has 0 aliphatic carbocycles. The van der Waals surface area contributed by atoms with Crippen molar-refractivity contribution in [3.05, 3.63) is 71.3 Å². The number of hydrogen-bond donors (Lipinski definition) is 0. The highest BCUT2D eigenvalue weighted by Gasteiger charge is 2.06. The van der Waals surface area contributed by atoms with Gasteiger partial charge in [-0.05, 0) is 24.1 Å². The largest absolute Gasteiger partial charge is 0.335 e. The van der Waals surface area contributed by atoms with Gasteiger partial charge in [-0.3, -0.25) is 4.79 Å². The van der Waals surface area contributed by atoms with Crippen molar-refractivity contribution in [3.8, 4) is 11.8 Å². The number of rotatable bonds is 3. The summed E-state index contributed by atoms with van der Waals surface area (Å²) in [7, 11) is 1.64. The Morgan fingerprint density at radius 2 is 1.86 bits per heavy atom. The van der Waals surface area contributed by atoms with Gasteiger partial charge in [0, 0.05) is 25.6 Å². The van der Waals surface area contributed by atoms with Crippen molar-refractivity contribution in [2.75, 3.05) is 13.6 Å². The van der Waals surface area contributed by atoms with Crippen molar-refractivity contribution < 1.29 is 13.6 Å². The fourth-order valence-electron chi connectivity index (χ4n) is 1.85. The minimum Gasteiger partial charge on any atom is -0.335 e. The smallest absolute Gasteiger partial charge is 0.298 e. The molecule has 2 nitrogen and oxygen atoms in total. The Kier molecular flexibility index (Phi) is 5.26. The van der Waals surface area contributed by atoms with Gasteiger partial charge in [0.05, 0.1) is 5.56 Å². The van der Waals surface area contributed by atoms with Gasteiger partial charge in [0.2, 0.25) is 0 Å². The Morgan fingerprint density at radius 1 is 1.14 bits per heavy atom. The van der Waals surface area contributed by atoms with Gasteiger partial charge in [-0.2, -0.15) is 0 Å². The van der Waals surface area contributed by atoms with Gasteiger partial charge in [0.1, 0.15) is 11.6 Å². The van der Waals surface area contributed by atoms with Crippen molar-refractivity contribution in [2.45, 2.75) is 6.42 Å². The van der Waals surface area contributed by atoms with E-state index in [0.717, 1.165) is 24.1 Å². The Morgan fingerprint density at radius 3 is 2.55 bits per heavy atom. The normalized spacial score (nSPS) is 9.77. The minimum atomic E-state index is -0.771. The van der Waals surface area contributed by atoms with Crippen molar-refractivity contribution in [1.29, 1.82) is 0 Å². The molecule has 0 saturated heterocycles. The number of likely N-dealkylation sites (N-methyl/N-ethyl adjacent to an activating group) is 1. The van der Waals surface area contributed by atoms with E-state index in [1.54, 1.807) is 7.05 Å². The number of nitrogens with zero attached hydrogens (tertiary/aromatic N) is 1. The van der Waals surface area contributed by atoms with E-state index in [1.807, 2.05) is 30.3 Å². The molecule has 2 aromatic carbocycles. The molecular weight excluding hydrogens is 284 g/mol. The van der Waals surface area contributed by atoms with Crippen molar-refractivity contribution in [1.82, 2.24) is 4.90 Å². The fraction of sp³-hybridized carbons (Fsp3) is 0.167. The molecule has 0 spiro atoms. The number of amides is 1. The Labute approximate surface area is 128 Å². The second-order valence-corrected chi connectivity index (χ2v) is 4.84. The first-order chi connectivity index (χ1) is 10.6. The summed E-state index contributed by atoms with van der Waals surface area (Å²) in [5.41, 5.74) is 1.13. The number of carbonyl (C=O) groups excluding carboxylic acids is 1. The lowest BCUT2D eigenvalue weighted by Gasteiger charge is -2.13. The average molecular weight is 299 g/mol. The zero-order valence-corrected chi connectivity index (χ0v) is 12.1. The molecule has 1 amide bonds. The summed E-state index contributed by atoms with van der Waals surface area (Å²) in [6.07, 6.45) is 0.718. The monoisotopic (exact) mass is 299 g/mol. The summed E-state index contributed by atoms with van der Waals surface area (Å²) in [5.74, 6) is 2.96. The van der Waals surface area contributed by atoms with Crippen LogP contribution in [0.4, 0.5) is 8.78 Å². The number of hydrogen-bond acceptors (Lipinski definition) is 1. The van der Waals surface area contributed by atoms with Gasteiger partial charge < -0.3 is 4.90 Å². The molecule has 0 radical (unpaired) electrons. The van der Waals surface area contributed by atoms with E-state index in [9.17, 15) is 13.6 Å². The lowest BCUT2D eigenvalue weighted by atomic mass is 10.1. The van der Waals surface area contributed by atoms with Crippen LogP contribution in [0.5, 0.6) is 0 Å². The molecule has 0 aliphatic heterocycles. The molecular formula is C18H15F2NO. The van der Waals surface area contributed by atoms with E-state index in [4.69, 9.17) is 0 Å². The van der Waals surface area contributed by atoms with Gasteiger partial charge in [-0.25, -0.2) is 8.78 Å². The molecule has 0 bridgehead atoms. The van der Waals surface area contributed by atoms with Crippen molar-refractivity contribution >= 4 is 5.91 Å². The Balaban J connectivity index is 1.95. The van der Waals surface area contributed by atoms with Gasteiger partial charge in [-0.15, -0.1) is 0 Å². The third kappa shape index (κ3) is 4.42. The summed E-state index contributed by atoms with van der Waals surface area (Å²) >= 11 is 0. The van der Waals surface area contributed by atoms with Crippen LogP contribution >= 0.6 is 0 Å². The third-order valence-electron chi connectivity index (χ3n) is 3.16. The quantitative estimate of drug-likeness (QED) is 0.798. The lowest BCUT2D eigenvalue weighted by Crippen LogP contribution is -2.27. The second kappa shape index (κ2) is 7.37. The van der Waals surface area contributed by atoms with Gasteiger partial charge >= 0.3 is 0 Å². The van der Waals surface area contributed by atoms with Gasteiger partial charge in [0.15, 0.2) is 0 Å². The Hall–Kier alpha value is -2.67. The maximum absolute atomic E-state index is 13.4. The van der Waals surface area contributed by atoms with Crippen LogP contribution in [0.1, 0.15) is 11.1 Å². The van der Waals surface area contributed by atoms with Crippen LogP contribution in [0.25, 0.3) is 0 Å². The number of carbonyl (C=O) groups is 1. The molecule has 0 atom stereocenters. The highest BCUT2D eigenvalue weighted by molar-refractivity contribution is 5.93. The van der Waals surface area contributed by atoms with E-state index >= 15 is 0 Å². The molecule has 0 saturated carbocycles. The van der Waals surface area contributed by atoms with Crippen LogP contribution in [-0.4, -0.2) is 24.4 Å². The molecule has 0 aliphatic rings. The molecule has 2 aromatic rings. The maximum Gasteiger partial charge on any atom is 0.298 e. The Bertz CT molecular complexity index is 717.